The van der Waals surface area contributed by atoms with Crippen molar-refractivity contribution < 1.29 is 0 Å². The molecule has 2 nitrogen and oxygen atoms in total. The van der Waals surface area contributed by atoms with E-state index in [0.29, 0.717) is 0 Å². The van der Waals surface area contributed by atoms with Gasteiger partial charge in [0.1, 0.15) is 0 Å². The summed E-state index contributed by atoms with van der Waals surface area (Å²) in [5.74, 6) is 0. The maximum Gasteiger partial charge on any atom is 0.0923 e. The van der Waals surface area contributed by atoms with Crippen molar-refractivity contribution in [1.29, 1.82) is 0 Å². The molecule has 2 aromatic rings. The molecule has 0 atom stereocenters. The highest BCUT2D eigenvalue weighted by Crippen LogP contribution is 2.18. The van der Waals surface area contributed by atoms with Crippen LogP contribution in [0.15, 0.2) is 30.3 Å². The Kier molecular flexibility index (Phi) is 4.77. The van der Waals surface area contributed by atoms with Gasteiger partial charge in [-0.15, -0.1) is 0 Å². The van der Waals surface area contributed by atoms with Gasteiger partial charge in [0, 0.05) is 11.3 Å². The minimum atomic E-state index is 1.02. The van der Waals surface area contributed by atoms with E-state index in [0.717, 1.165) is 11.4 Å². The summed E-state index contributed by atoms with van der Waals surface area (Å²) in [6.07, 6.45) is 1.25. The van der Waals surface area contributed by atoms with Crippen molar-refractivity contribution in [3.8, 4) is 11.3 Å². The average molecular weight is 216 g/mol. The zero-order chi connectivity index (χ0) is 12.0. The molecule has 1 N–H and O–H groups in total. The highest BCUT2D eigenvalue weighted by Gasteiger charge is 2.00. The van der Waals surface area contributed by atoms with E-state index in [2.05, 4.69) is 61.3 Å². The fourth-order valence-corrected chi connectivity index (χ4v) is 1.37. The number of benzene rings is 1. The summed E-state index contributed by atoms with van der Waals surface area (Å²) in [7, 11) is 0. The topological polar surface area (TPSA) is 28.7 Å². The Labute approximate surface area is 97.7 Å². The predicted molar refractivity (Wildman–Crippen MR) is 69.5 cm³/mol. The van der Waals surface area contributed by atoms with Crippen LogP contribution < -0.4 is 0 Å². The first-order valence-electron chi connectivity index (χ1n) is 5.76. The summed E-state index contributed by atoms with van der Waals surface area (Å²) < 4.78 is 0. The Hall–Kier alpha value is -1.57. The molecule has 0 aliphatic carbocycles. The van der Waals surface area contributed by atoms with Crippen LogP contribution in [0.4, 0.5) is 0 Å². The Morgan fingerprint density at radius 2 is 1.81 bits per heavy atom. The summed E-state index contributed by atoms with van der Waals surface area (Å²) >= 11 is 0. The van der Waals surface area contributed by atoms with Gasteiger partial charge in [-0.05, 0) is 26.0 Å². The van der Waals surface area contributed by atoms with Crippen LogP contribution in [-0.2, 0) is 0 Å². The second kappa shape index (κ2) is 6.11. The minimum absolute atomic E-state index is 1.02. The first-order chi connectivity index (χ1) is 7.67. The van der Waals surface area contributed by atoms with E-state index in [-0.39, 0.29) is 0 Å². The monoisotopic (exact) mass is 216 g/mol. The number of hydrogen-bond acceptors (Lipinski definition) is 1. The quantitative estimate of drug-likeness (QED) is 0.763. The molecule has 16 heavy (non-hydrogen) atoms. The van der Waals surface area contributed by atoms with Crippen LogP contribution in [0.3, 0.4) is 0 Å². The number of rotatable bonds is 1. The van der Waals surface area contributed by atoms with E-state index in [9.17, 15) is 0 Å². The first-order valence-corrected chi connectivity index (χ1v) is 5.76. The first kappa shape index (κ1) is 12.5. The number of nitrogens with one attached hydrogen (secondary N) is 1. The lowest BCUT2D eigenvalue weighted by Crippen LogP contribution is -1.78. The van der Waals surface area contributed by atoms with Gasteiger partial charge >= 0.3 is 0 Å². The molecule has 1 aromatic heterocycles. The van der Waals surface area contributed by atoms with Crippen LogP contribution >= 0.6 is 0 Å². The number of aryl methyl sites for hydroxylation is 2. The Bertz CT molecular complexity index is 430. The Morgan fingerprint density at radius 3 is 2.31 bits per heavy atom. The lowest BCUT2D eigenvalue weighted by molar-refractivity contribution is 1.05. The fourth-order valence-electron chi connectivity index (χ4n) is 1.37. The van der Waals surface area contributed by atoms with Gasteiger partial charge in [0.25, 0.3) is 0 Å². The molecule has 0 unspecified atom stereocenters. The van der Waals surface area contributed by atoms with Gasteiger partial charge in [-0.2, -0.15) is 5.10 Å². The molecular weight excluding hydrogens is 196 g/mol. The summed E-state index contributed by atoms with van der Waals surface area (Å²) in [4.78, 5) is 0. The van der Waals surface area contributed by atoms with E-state index in [1.165, 1.54) is 17.5 Å². The largest absolute Gasteiger partial charge is 0.282 e. The van der Waals surface area contributed by atoms with E-state index < -0.39 is 0 Å². The summed E-state index contributed by atoms with van der Waals surface area (Å²) in [5.41, 5.74) is 4.54. The van der Waals surface area contributed by atoms with Crippen molar-refractivity contribution in [1.82, 2.24) is 10.2 Å². The van der Waals surface area contributed by atoms with Gasteiger partial charge < -0.3 is 0 Å². The molecule has 86 valence electrons. The van der Waals surface area contributed by atoms with Gasteiger partial charge in [0.05, 0.1) is 5.69 Å². The normalized spacial score (nSPS) is 9.50. The summed E-state index contributed by atoms with van der Waals surface area (Å²) in [6.45, 7) is 8.34. The average Bonchev–Trinajstić information content (AvgIpc) is 2.66. The zero-order valence-electron chi connectivity index (χ0n) is 10.5. The van der Waals surface area contributed by atoms with Crippen molar-refractivity contribution in [3.63, 3.8) is 0 Å². The highest BCUT2D eigenvalue weighted by atomic mass is 15.1. The summed E-state index contributed by atoms with van der Waals surface area (Å²) in [6, 6.07) is 10.4. The molecule has 0 aliphatic heterocycles. The van der Waals surface area contributed by atoms with Gasteiger partial charge in [-0.1, -0.05) is 44.0 Å². The van der Waals surface area contributed by atoms with Crippen LogP contribution in [0.2, 0.25) is 0 Å². The molecular formula is C14H20N2. The standard InChI is InChI=1S/C11H12N2.C3H8/c1-8-4-3-5-10(6-8)11-7-9(2)12-13-11;1-3-2/h3-7H,1-2H3,(H,12,13);3H2,1-2H3. The molecule has 0 saturated carbocycles. The molecule has 1 heterocycles. The lowest BCUT2D eigenvalue weighted by atomic mass is 10.1. The number of hydrogen-bond donors (Lipinski definition) is 1. The maximum atomic E-state index is 4.20. The van der Waals surface area contributed by atoms with Gasteiger partial charge in [-0.3, -0.25) is 5.10 Å². The molecule has 0 radical (unpaired) electrons. The third-order valence-corrected chi connectivity index (χ3v) is 2.02. The van der Waals surface area contributed by atoms with Gasteiger partial charge in [-0.25, -0.2) is 0 Å². The van der Waals surface area contributed by atoms with E-state index in [4.69, 9.17) is 0 Å². The van der Waals surface area contributed by atoms with Crippen LogP contribution in [0.25, 0.3) is 11.3 Å². The molecule has 0 bridgehead atoms. The molecule has 0 aliphatic rings. The van der Waals surface area contributed by atoms with Crippen molar-refractivity contribution in [2.75, 3.05) is 0 Å². The van der Waals surface area contributed by atoms with Gasteiger partial charge in [0.2, 0.25) is 0 Å². The molecule has 1 aromatic carbocycles. The third kappa shape index (κ3) is 3.54. The fraction of sp³-hybridized carbons (Fsp3) is 0.357. The van der Waals surface area contributed by atoms with Crippen LogP contribution in [0, 0.1) is 13.8 Å². The second-order valence-electron chi connectivity index (χ2n) is 4.01. The molecule has 0 saturated heterocycles. The second-order valence-corrected chi connectivity index (χ2v) is 4.01. The van der Waals surface area contributed by atoms with E-state index in [1.54, 1.807) is 0 Å². The highest BCUT2D eigenvalue weighted by molar-refractivity contribution is 5.59. The van der Waals surface area contributed by atoms with Crippen molar-refractivity contribution >= 4 is 0 Å². The number of H-pyrrole nitrogens is 1. The molecule has 2 rings (SSSR count). The van der Waals surface area contributed by atoms with Crippen molar-refractivity contribution in [3.05, 3.63) is 41.6 Å². The maximum absolute atomic E-state index is 4.20. The Balaban J connectivity index is 0.000000386. The molecule has 0 spiro atoms. The van der Waals surface area contributed by atoms with Crippen molar-refractivity contribution in [2.45, 2.75) is 34.1 Å². The van der Waals surface area contributed by atoms with Crippen LogP contribution in [-0.4, -0.2) is 10.2 Å². The number of aromatic amines is 1. The zero-order valence-corrected chi connectivity index (χ0v) is 10.5. The summed E-state index contributed by atoms with van der Waals surface area (Å²) in [5, 5.41) is 7.14. The van der Waals surface area contributed by atoms with Crippen LogP contribution in [0.1, 0.15) is 31.5 Å². The lowest BCUT2D eigenvalue weighted by Gasteiger charge is -1.96. The smallest absolute Gasteiger partial charge is 0.0923 e. The molecule has 0 fully saturated rings. The Morgan fingerprint density at radius 1 is 1.12 bits per heavy atom. The van der Waals surface area contributed by atoms with E-state index in [1.807, 2.05) is 6.92 Å². The molecule has 2 heteroatoms. The SMILES string of the molecule is CCC.Cc1cccc(-c2cc(C)[nH]n2)c1. The predicted octanol–water partition coefficient (Wildman–Crippen LogP) is 4.11. The van der Waals surface area contributed by atoms with Crippen molar-refractivity contribution in [2.24, 2.45) is 0 Å². The number of nitrogens with zero attached hydrogens (tertiary/aromatic N) is 1. The molecule has 0 amide bonds. The third-order valence-electron chi connectivity index (χ3n) is 2.02. The number of aromatic nitrogens is 2. The van der Waals surface area contributed by atoms with E-state index >= 15 is 0 Å². The van der Waals surface area contributed by atoms with Crippen LogP contribution in [0.5, 0.6) is 0 Å². The minimum Gasteiger partial charge on any atom is -0.282 e. The van der Waals surface area contributed by atoms with Gasteiger partial charge in [0.15, 0.2) is 0 Å².